The molecule has 1 aromatic heterocycles. The smallest absolute Gasteiger partial charge is 0.382 e. The van der Waals surface area contributed by atoms with E-state index in [1.807, 2.05) is 0 Å². The lowest BCUT2D eigenvalue weighted by Gasteiger charge is -2.18. The summed E-state index contributed by atoms with van der Waals surface area (Å²) < 4.78 is 40.3. The zero-order chi connectivity index (χ0) is 12.2. The van der Waals surface area contributed by atoms with E-state index < -0.39 is 11.7 Å². The van der Waals surface area contributed by atoms with Crippen LogP contribution in [0.3, 0.4) is 0 Å². The number of benzene rings is 1. The fraction of sp³-hybridized carbons (Fsp3) is 0.300. The number of hydrogen-bond acceptors (Lipinski definition) is 3. The van der Waals surface area contributed by atoms with Gasteiger partial charge in [0, 0.05) is 13.1 Å². The fourth-order valence-corrected chi connectivity index (χ4v) is 3.04. The van der Waals surface area contributed by atoms with Gasteiger partial charge in [0.15, 0.2) is 4.80 Å². The summed E-state index contributed by atoms with van der Waals surface area (Å²) in [4.78, 5) is 0.294. The van der Waals surface area contributed by atoms with Crippen LogP contribution in [0.5, 0.6) is 0 Å². The first-order chi connectivity index (χ1) is 7.97. The van der Waals surface area contributed by atoms with Crippen molar-refractivity contribution in [3.05, 3.63) is 22.5 Å². The molecule has 1 aromatic carbocycles. The van der Waals surface area contributed by atoms with Crippen molar-refractivity contribution in [3.8, 4) is 0 Å². The molecule has 1 aliphatic heterocycles. The first-order valence-electron chi connectivity index (χ1n) is 5.00. The molecule has 0 radical (unpaired) electrons. The van der Waals surface area contributed by atoms with Gasteiger partial charge in [-0.2, -0.15) is 13.2 Å². The van der Waals surface area contributed by atoms with Gasteiger partial charge in [-0.3, -0.25) is 5.41 Å². The number of alkyl halides is 3. The molecule has 0 unspecified atom stereocenters. The quantitative estimate of drug-likeness (QED) is 0.750. The van der Waals surface area contributed by atoms with E-state index in [9.17, 15) is 13.2 Å². The van der Waals surface area contributed by atoms with Crippen LogP contribution in [-0.2, 0) is 12.7 Å². The predicted molar refractivity (Wildman–Crippen MR) is 59.2 cm³/mol. The van der Waals surface area contributed by atoms with Crippen molar-refractivity contribution >= 4 is 27.2 Å². The summed E-state index contributed by atoms with van der Waals surface area (Å²) in [7, 11) is 0. The van der Waals surface area contributed by atoms with Crippen LogP contribution in [0.1, 0.15) is 5.56 Å². The molecule has 17 heavy (non-hydrogen) atoms. The Kier molecular flexibility index (Phi) is 2.04. The van der Waals surface area contributed by atoms with Gasteiger partial charge in [-0.25, -0.2) is 0 Å². The van der Waals surface area contributed by atoms with Gasteiger partial charge in [0.1, 0.15) is 0 Å². The van der Waals surface area contributed by atoms with Gasteiger partial charge >= 0.3 is 6.18 Å². The molecule has 0 spiro atoms. The minimum atomic E-state index is -4.35. The van der Waals surface area contributed by atoms with Gasteiger partial charge in [-0.15, -0.1) is 0 Å². The standard InChI is InChI=1S/C10H8F3N3S/c11-10(12,13)5-3-6-8-7(4-5)17-9(14)16(8)2-1-15-6/h3-4,14-15H,1-2H2. The lowest BCUT2D eigenvalue weighted by Crippen LogP contribution is -2.23. The predicted octanol–water partition coefficient (Wildman–Crippen LogP) is 2.63. The Morgan fingerprint density at radius 3 is 2.82 bits per heavy atom. The van der Waals surface area contributed by atoms with Crippen LogP contribution >= 0.6 is 11.3 Å². The molecule has 3 nitrogen and oxygen atoms in total. The molecule has 0 saturated heterocycles. The lowest BCUT2D eigenvalue weighted by atomic mass is 10.1. The van der Waals surface area contributed by atoms with Crippen LogP contribution in [0.2, 0.25) is 0 Å². The maximum absolute atomic E-state index is 12.7. The summed E-state index contributed by atoms with van der Waals surface area (Å²) >= 11 is 1.08. The van der Waals surface area contributed by atoms with Crippen LogP contribution in [-0.4, -0.2) is 11.1 Å². The van der Waals surface area contributed by atoms with Crippen LogP contribution in [0, 0.1) is 5.41 Å². The summed E-state index contributed by atoms with van der Waals surface area (Å²) in [5.74, 6) is 0. The molecule has 0 fully saturated rings. The van der Waals surface area contributed by atoms with Crippen LogP contribution in [0.25, 0.3) is 10.2 Å². The molecular weight excluding hydrogens is 251 g/mol. The molecule has 0 amide bonds. The molecule has 7 heteroatoms. The SMILES string of the molecule is N=c1sc2cc(C(F)(F)F)cc3c2n1CCN3. The second kappa shape index (κ2) is 3.25. The second-order valence-electron chi connectivity index (χ2n) is 3.85. The fourth-order valence-electron chi connectivity index (χ4n) is 2.04. The number of aromatic nitrogens is 1. The maximum atomic E-state index is 12.7. The third kappa shape index (κ3) is 1.53. The Balaban J connectivity index is 2.38. The van der Waals surface area contributed by atoms with E-state index in [1.165, 1.54) is 0 Å². The van der Waals surface area contributed by atoms with Crippen LogP contribution in [0.15, 0.2) is 12.1 Å². The highest BCUT2D eigenvalue weighted by atomic mass is 32.1. The van der Waals surface area contributed by atoms with Crippen molar-refractivity contribution < 1.29 is 13.2 Å². The molecule has 1 aliphatic rings. The van der Waals surface area contributed by atoms with Crippen molar-refractivity contribution in [2.75, 3.05) is 11.9 Å². The number of nitrogens with zero attached hydrogens (tertiary/aromatic N) is 1. The van der Waals surface area contributed by atoms with Gasteiger partial charge in [0.2, 0.25) is 0 Å². The Morgan fingerprint density at radius 1 is 1.35 bits per heavy atom. The van der Waals surface area contributed by atoms with Crippen LogP contribution < -0.4 is 10.1 Å². The van der Waals surface area contributed by atoms with E-state index in [2.05, 4.69) is 5.32 Å². The summed E-state index contributed by atoms with van der Waals surface area (Å²) in [5.41, 5.74) is 0.512. The Bertz CT molecular complexity index is 653. The number of rotatable bonds is 0. The van der Waals surface area contributed by atoms with Crippen molar-refractivity contribution in [1.82, 2.24) is 4.57 Å². The van der Waals surface area contributed by atoms with E-state index in [1.54, 1.807) is 4.57 Å². The first kappa shape index (κ1) is 10.6. The van der Waals surface area contributed by atoms with E-state index in [0.29, 0.717) is 33.8 Å². The van der Waals surface area contributed by atoms with Gasteiger partial charge < -0.3 is 9.88 Å². The Hall–Kier alpha value is -1.50. The summed E-state index contributed by atoms with van der Waals surface area (Å²) in [6.45, 7) is 1.17. The molecule has 0 atom stereocenters. The molecule has 3 rings (SSSR count). The first-order valence-corrected chi connectivity index (χ1v) is 5.81. The van der Waals surface area contributed by atoms with Crippen molar-refractivity contribution in [2.24, 2.45) is 0 Å². The van der Waals surface area contributed by atoms with E-state index >= 15 is 0 Å². The lowest BCUT2D eigenvalue weighted by molar-refractivity contribution is -0.137. The van der Waals surface area contributed by atoms with Crippen molar-refractivity contribution in [1.29, 1.82) is 5.41 Å². The highest BCUT2D eigenvalue weighted by Gasteiger charge is 2.32. The molecule has 2 aromatic rings. The Morgan fingerprint density at radius 2 is 2.12 bits per heavy atom. The minimum absolute atomic E-state index is 0.294. The molecule has 0 aliphatic carbocycles. The second-order valence-corrected chi connectivity index (χ2v) is 4.88. The average Bonchev–Trinajstić information content (AvgIpc) is 2.56. The van der Waals surface area contributed by atoms with E-state index in [0.717, 1.165) is 23.5 Å². The zero-order valence-electron chi connectivity index (χ0n) is 8.56. The number of halogens is 3. The molecule has 2 N–H and O–H groups in total. The van der Waals surface area contributed by atoms with E-state index in [4.69, 9.17) is 5.41 Å². The molecule has 0 saturated carbocycles. The minimum Gasteiger partial charge on any atom is -0.382 e. The van der Waals surface area contributed by atoms with Crippen molar-refractivity contribution in [3.63, 3.8) is 0 Å². The topological polar surface area (TPSA) is 40.8 Å². The van der Waals surface area contributed by atoms with Gasteiger partial charge in [0.25, 0.3) is 0 Å². The molecule has 0 bridgehead atoms. The molecular formula is C10H8F3N3S. The highest BCUT2D eigenvalue weighted by Crippen LogP contribution is 2.37. The van der Waals surface area contributed by atoms with Gasteiger partial charge in [-0.1, -0.05) is 11.3 Å². The van der Waals surface area contributed by atoms with Gasteiger partial charge in [0.05, 0.1) is 21.5 Å². The van der Waals surface area contributed by atoms with Crippen LogP contribution in [0.4, 0.5) is 18.9 Å². The monoisotopic (exact) mass is 259 g/mol. The molecule has 90 valence electrons. The normalized spacial score (nSPS) is 15.0. The third-order valence-corrected chi connectivity index (χ3v) is 3.72. The Labute approximate surface area is 98.0 Å². The molecule has 2 heterocycles. The maximum Gasteiger partial charge on any atom is 0.416 e. The number of nitrogens with one attached hydrogen (secondary N) is 2. The van der Waals surface area contributed by atoms with E-state index in [-0.39, 0.29) is 0 Å². The largest absolute Gasteiger partial charge is 0.416 e. The number of anilines is 1. The third-order valence-electron chi connectivity index (χ3n) is 2.77. The summed E-state index contributed by atoms with van der Waals surface area (Å²) in [5, 5.41) is 10.7. The van der Waals surface area contributed by atoms with Crippen molar-refractivity contribution in [2.45, 2.75) is 12.7 Å². The average molecular weight is 259 g/mol. The zero-order valence-corrected chi connectivity index (χ0v) is 9.37. The highest BCUT2D eigenvalue weighted by molar-refractivity contribution is 7.16. The summed E-state index contributed by atoms with van der Waals surface area (Å²) in [6, 6.07) is 2.23. The number of hydrogen-bond donors (Lipinski definition) is 2. The summed E-state index contributed by atoms with van der Waals surface area (Å²) in [6.07, 6.45) is -4.35. The van der Waals surface area contributed by atoms with Gasteiger partial charge in [-0.05, 0) is 12.1 Å². The number of thiazole rings is 1.